The molecule has 96 valence electrons. The zero-order valence-corrected chi connectivity index (χ0v) is 11.5. The summed E-state index contributed by atoms with van der Waals surface area (Å²) in [5.74, 6) is 0.681. The number of hydrogen-bond acceptors (Lipinski definition) is 3. The molecule has 0 heterocycles. The van der Waals surface area contributed by atoms with Gasteiger partial charge in [0, 0.05) is 12.3 Å². The largest absolute Gasteiger partial charge is 0.312 e. The third-order valence-electron chi connectivity index (χ3n) is 3.83. The van der Waals surface area contributed by atoms with Gasteiger partial charge in [-0.25, -0.2) is 8.42 Å². The molecule has 0 amide bonds. The average Bonchev–Trinajstić information content (AvgIpc) is 2.67. The topological polar surface area (TPSA) is 46.2 Å². The second-order valence-electron chi connectivity index (χ2n) is 5.00. The molecule has 0 aliphatic heterocycles. The number of rotatable bonds is 6. The van der Waals surface area contributed by atoms with E-state index >= 15 is 0 Å². The van der Waals surface area contributed by atoms with E-state index in [2.05, 4.69) is 19.2 Å². The summed E-state index contributed by atoms with van der Waals surface area (Å²) in [7, 11) is -2.88. The minimum absolute atomic E-state index is 0.151. The molecule has 1 aliphatic carbocycles. The molecule has 0 aromatic heterocycles. The van der Waals surface area contributed by atoms with Crippen molar-refractivity contribution in [3.8, 4) is 0 Å². The number of hydrogen-bond donors (Lipinski definition) is 1. The van der Waals surface area contributed by atoms with Gasteiger partial charge < -0.3 is 5.32 Å². The summed E-state index contributed by atoms with van der Waals surface area (Å²) in [6.45, 7) is 5.35. The quantitative estimate of drug-likeness (QED) is 0.780. The summed E-state index contributed by atoms with van der Waals surface area (Å²) in [4.78, 5) is 0. The third-order valence-corrected chi connectivity index (χ3v) is 5.49. The molecule has 1 N–H and O–H groups in total. The molecule has 16 heavy (non-hydrogen) atoms. The summed E-state index contributed by atoms with van der Waals surface area (Å²) >= 11 is 0. The molecule has 0 bridgehead atoms. The van der Waals surface area contributed by atoms with Crippen LogP contribution < -0.4 is 5.32 Å². The monoisotopic (exact) mass is 247 g/mol. The summed E-state index contributed by atoms with van der Waals surface area (Å²) in [5, 5.41) is 3.31. The Morgan fingerprint density at radius 3 is 2.38 bits per heavy atom. The van der Waals surface area contributed by atoms with E-state index in [0.717, 1.165) is 25.8 Å². The highest BCUT2D eigenvalue weighted by Crippen LogP contribution is 2.25. The van der Waals surface area contributed by atoms with Crippen molar-refractivity contribution in [2.75, 3.05) is 12.8 Å². The first-order valence-electron chi connectivity index (χ1n) is 6.41. The van der Waals surface area contributed by atoms with Gasteiger partial charge in [0.05, 0.1) is 5.25 Å². The lowest BCUT2D eigenvalue weighted by Crippen LogP contribution is -2.41. The maximum absolute atomic E-state index is 11.6. The van der Waals surface area contributed by atoms with Crippen LogP contribution in [0.25, 0.3) is 0 Å². The van der Waals surface area contributed by atoms with Gasteiger partial charge in [0.1, 0.15) is 0 Å². The van der Waals surface area contributed by atoms with E-state index < -0.39 is 9.84 Å². The summed E-state index contributed by atoms with van der Waals surface area (Å²) < 4.78 is 23.2. The molecule has 2 atom stereocenters. The van der Waals surface area contributed by atoms with E-state index in [-0.39, 0.29) is 11.3 Å². The summed E-state index contributed by atoms with van der Waals surface area (Å²) in [5.41, 5.74) is 0. The Morgan fingerprint density at radius 1 is 1.25 bits per heavy atom. The Morgan fingerprint density at radius 2 is 1.88 bits per heavy atom. The van der Waals surface area contributed by atoms with E-state index in [1.54, 1.807) is 0 Å². The van der Waals surface area contributed by atoms with Crippen LogP contribution in [0.1, 0.15) is 46.0 Å². The second-order valence-corrected chi connectivity index (χ2v) is 7.26. The third kappa shape index (κ3) is 3.74. The Labute approximate surface area is 99.9 Å². The van der Waals surface area contributed by atoms with Crippen molar-refractivity contribution in [2.24, 2.45) is 5.92 Å². The van der Waals surface area contributed by atoms with Crippen molar-refractivity contribution < 1.29 is 8.42 Å². The first-order chi connectivity index (χ1) is 7.49. The van der Waals surface area contributed by atoms with Crippen LogP contribution in [0.4, 0.5) is 0 Å². The molecule has 0 aromatic carbocycles. The maximum Gasteiger partial charge on any atom is 0.151 e. The highest BCUT2D eigenvalue weighted by atomic mass is 32.2. The van der Waals surface area contributed by atoms with E-state index in [9.17, 15) is 8.42 Å². The predicted octanol–water partition coefficient (Wildman–Crippen LogP) is 1.98. The first-order valence-corrected chi connectivity index (χ1v) is 8.36. The fraction of sp³-hybridized carbons (Fsp3) is 1.00. The molecule has 0 aromatic rings. The van der Waals surface area contributed by atoms with Crippen LogP contribution in [0, 0.1) is 5.92 Å². The Kier molecular flexibility index (Phi) is 5.25. The molecule has 3 nitrogen and oxygen atoms in total. The summed E-state index contributed by atoms with van der Waals surface area (Å²) in [6, 6.07) is 0.190. The van der Waals surface area contributed by atoms with Gasteiger partial charge >= 0.3 is 0 Å². The van der Waals surface area contributed by atoms with Gasteiger partial charge in [0.25, 0.3) is 0 Å². The highest BCUT2D eigenvalue weighted by molar-refractivity contribution is 7.91. The van der Waals surface area contributed by atoms with Gasteiger partial charge in [-0.3, -0.25) is 0 Å². The average molecular weight is 247 g/mol. The van der Waals surface area contributed by atoms with E-state index in [1.807, 2.05) is 0 Å². The lowest BCUT2D eigenvalue weighted by atomic mass is 10.0. The van der Waals surface area contributed by atoms with E-state index in [0.29, 0.717) is 5.92 Å². The molecular weight excluding hydrogens is 222 g/mol. The van der Waals surface area contributed by atoms with Crippen LogP contribution in [0.2, 0.25) is 0 Å². The van der Waals surface area contributed by atoms with E-state index in [4.69, 9.17) is 0 Å². The molecule has 1 saturated carbocycles. The maximum atomic E-state index is 11.6. The Hall–Kier alpha value is -0.0900. The van der Waals surface area contributed by atoms with Gasteiger partial charge in [-0.1, -0.05) is 33.1 Å². The molecule has 1 aliphatic rings. The lowest BCUT2D eigenvalue weighted by Gasteiger charge is -2.22. The van der Waals surface area contributed by atoms with Gasteiger partial charge in [0.15, 0.2) is 9.84 Å². The molecule has 2 unspecified atom stereocenters. The van der Waals surface area contributed by atoms with Crippen molar-refractivity contribution in [3.05, 3.63) is 0 Å². The van der Waals surface area contributed by atoms with Gasteiger partial charge in [-0.05, 0) is 25.3 Å². The zero-order valence-electron chi connectivity index (χ0n) is 10.7. The highest BCUT2D eigenvalue weighted by Gasteiger charge is 2.34. The number of nitrogens with one attached hydrogen (secondary N) is 1. The minimum atomic E-state index is -2.88. The minimum Gasteiger partial charge on any atom is -0.312 e. The Balaban J connectivity index is 2.47. The SMILES string of the molecule is CCC(CC)CNC1CCCC1S(C)(=O)=O. The first kappa shape index (κ1) is 14.0. The standard InChI is InChI=1S/C12H25NO2S/c1-4-10(5-2)9-13-11-7-6-8-12(11)16(3,14)15/h10-13H,4-9H2,1-3H3. The molecule has 0 spiro atoms. The molecule has 1 rings (SSSR count). The fourth-order valence-electron chi connectivity index (χ4n) is 2.57. The van der Waals surface area contributed by atoms with Gasteiger partial charge in [0.2, 0.25) is 0 Å². The van der Waals surface area contributed by atoms with Crippen LogP contribution in [-0.4, -0.2) is 32.5 Å². The van der Waals surface area contributed by atoms with Crippen molar-refractivity contribution in [3.63, 3.8) is 0 Å². The van der Waals surface area contributed by atoms with Crippen molar-refractivity contribution >= 4 is 9.84 Å². The normalized spacial score (nSPS) is 26.5. The van der Waals surface area contributed by atoms with Crippen LogP contribution >= 0.6 is 0 Å². The molecule has 0 radical (unpaired) electrons. The van der Waals surface area contributed by atoms with Crippen molar-refractivity contribution in [1.29, 1.82) is 0 Å². The van der Waals surface area contributed by atoms with Crippen LogP contribution in [0.5, 0.6) is 0 Å². The Bertz CT molecular complexity index is 296. The zero-order chi connectivity index (χ0) is 12.2. The second kappa shape index (κ2) is 6.01. The molecular formula is C12H25NO2S. The van der Waals surface area contributed by atoms with Crippen LogP contribution in [0.15, 0.2) is 0 Å². The van der Waals surface area contributed by atoms with Gasteiger partial charge in [-0.15, -0.1) is 0 Å². The lowest BCUT2D eigenvalue weighted by molar-refractivity contribution is 0.408. The predicted molar refractivity (Wildman–Crippen MR) is 68.3 cm³/mol. The molecule has 1 fully saturated rings. The van der Waals surface area contributed by atoms with Crippen LogP contribution in [0.3, 0.4) is 0 Å². The van der Waals surface area contributed by atoms with Crippen LogP contribution in [-0.2, 0) is 9.84 Å². The smallest absolute Gasteiger partial charge is 0.151 e. The molecule has 4 heteroatoms. The van der Waals surface area contributed by atoms with Crippen molar-refractivity contribution in [2.45, 2.75) is 57.2 Å². The number of sulfone groups is 1. The van der Waals surface area contributed by atoms with Gasteiger partial charge in [-0.2, -0.15) is 0 Å². The van der Waals surface area contributed by atoms with E-state index in [1.165, 1.54) is 19.1 Å². The summed E-state index contributed by atoms with van der Waals surface area (Å²) in [6.07, 6.45) is 6.59. The molecule has 0 saturated heterocycles. The fourth-order valence-corrected chi connectivity index (χ4v) is 3.99. The van der Waals surface area contributed by atoms with Crippen molar-refractivity contribution in [1.82, 2.24) is 5.32 Å².